The molecule has 0 aromatic heterocycles. The second-order valence-corrected chi connectivity index (χ2v) is 7.66. The highest BCUT2D eigenvalue weighted by atomic mass is 35.5. The van der Waals surface area contributed by atoms with E-state index in [4.69, 9.17) is 16.3 Å². The van der Waals surface area contributed by atoms with Gasteiger partial charge in [0.2, 0.25) is 0 Å². The number of hydrogen-bond acceptors (Lipinski definition) is 4. The molecule has 5 nitrogen and oxygen atoms in total. The first-order chi connectivity index (χ1) is 14.0. The van der Waals surface area contributed by atoms with Gasteiger partial charge in [0, 0.05) is 24.0 Å². The number of ether oxygens (including phenoxy) is 1. The summed E-state index contributed by atoms with van der Waals surface area (Å²) < 4.78 is 4.88. The number of nitrogens with one attached hydrogen (secondary N) is 1. The lowest BCUT2D eigenvalue weighted by atomic mass is 10.0. The molecule has 3 rings (SSSR count). The number of carbonyl (C=O) groups excluding carboxylic acids is 2. The van der Waals surface area contributed by atoms with Gasteiger partial charge in [-0.1, -0.05) is 36.7 Å². The molecule has 1 heterocycles. The normalized spacial score (nSPS) is 16.0. The Morgan fingerprint density at radius 1 is 1.24 bits per heavy atom. The van der Waals surface area contributed by atoms with Gasteiger partial charge < -0.3 is 15.0 Å². The number of esters is 1. The van der Waals surface area contributed by atoms with Crippen LogP contribution in [0.5, 0.6) is 0 Å². The molecule has 0 saturated carbocycles. The Morgan fingerprint density at radius 2 is 2.03 bits per heavy atom. The molecule has 0 fully saturated rings. The van der Waals surface area contributed by atoms with Gasteiger partial charge in [-0.2, -0.15) is 0 Å². The lowest BCUT2D eigenvalue weighted by Gasteiger charge is -2.31. The number of rotatable bonds is 6. The van der Waals surface area contributed by atoms with Crippen LogP contribution in [-0.2, 0) is 16.0 Å². The molecule has 1 aliphatic rings. The molecule has 1 N–H and O–H groups in total. The zero-order chi connectivity index (χ0) is 20.8. The Morgan fingerprint density at radius 3 is 2.76 bits per heavy atom. The number of carbonyl (C=O) groups is 2. The van der Waals surface area contributed by atoms with Crippen molar-refractivity contribution in [1.82, 2.24) is 0 Å². The van der Waals surface area contributed by atoms with Gasteiger partial charge in [-0.3, -0.25) is 9.59 Å². The summed E-state index contributed by atoms with van der Waals surface area (Å²) in [5.41, 5.74) is 3.26. The molecule has 0 bridgehead atoms. The van der Waals surface area contributed by atoms with Crippen molar-refractivity contribution in [1.29, 1.82) is 0 Å². The summed E-state index contributed by atoms with van der Waals surface area (Å²) >= 11 is 6.49. The number of nitrogens with zero attached hydrogens (tertiary/aromatic N) is 1. The Hall–Kier alpha value is -2.53. The van der Waals surface area contributed by atoms with E-state index >= 15 is 0 Å². The number of anilines is 2. The van der Waals surface area contributed by atoms with E-state index in [9.17, 15) is 9.59 Å². The number of para-hydroxylation sites is 1. The van der Waals surface area contributed by atoms with Gasteiger partial charge in [0.25, 0.3) is 5.91 Å². The van der Waals surface area contributed by atoms with E-state index in [1.807, 2.05) is 30.3 Å². The summed E-state index contributed by atoms with van der Waals surface area (Å²) in [6.45, 7) is 2.93. The average Bonchev–Trinajstić information content (AvgIpc) is 2.90. The molecule has 0 saturated heterocycles. The summed E-state index contributed by atoms with van der Waals surface area (Å²) in [6, 6.07) is 13.0. The number of aryl methyl sites for hydroxylation is 1. The SMILES string of the molecule is CCCNc1ccc(C(=O)N2c3ccccc3CCCC2CC(=O)OC)c(Cl)c1. The van der Waals surface area contributed by atoms with Crippen molar-refractivity contribution < 1.29 is 14.3 Å². The van der Waals surface area contributed by atoms with Crippen LogP contribution in [0.4, 0.5) is 11.4 Å². The van der Waals surface area contributed by atoms with Crippen molar-refractivity contribution in [3.63, 3.8) is 0 Å². The van der Waals surface area contributed by atoms with Crippen LogP contribution in [0.3, 0.4) is 0 Å². The van der Waals surface area contributed by atoms with Gasteiger partial charge in [0.15, 0.2) is 0 Å². The smallest absolute Gasteiger partial charge is 0.307 e. The highest BCUT2D eigenvalue weighted by Crippen LogP contribution is 2.34. The minimum Gasteiger partial charge on any atom is -0.469 e. The number of amides is 1. The molecule has 6 heteroatoms. The first-order valence-corrected chi connectivity index (χ1v) is 10.4. The summed E-state index contributed by atoms with van der Waals surface area (Å²) in [6.07, 6.45) is 3.65. The molecule has 1 atom stereocenters. The van der Waals surface area contributed by atoms with Gasteiger partial charge in [0.1, 0.15) is 0 Å². The molecule has 0 radical (unpaired) electrons. The van der Waals surface area contributed by atoms with E-state index in [1.165, 1.54) is 7.11 Å². The van der Waals surface area contributed by atoms with Crippen molar-refractivity contribution in [2.24, 2.45) is 0 Å². The van der Waals surface area contributed by atoms with E-state index in [0.717, 1.165) is 49.2 Å². The summed E-state index contributed by atoms with van der Waals surface area (Å²) in [4.78, 5) is 27.4. The predicted octanol–water partition coefficient (Wildman–Crippen LogP) is 5.08. The third-order valence-electron chi connectivity index (χ3n) is 5.23. The first kappa shape index (κ1) is 21.2. The fraction of sp³-hybridized carbons (Fsp3) is 0.391. The molecule has 29 heavy (non-hydrogen) atoms. The maximum Gasteiger partial charge on any atom is 0.307 e. The number of benzene rings is 2. The fourth-order valence-electron chi connectivity index (χ4n) is 3.75. The van der Waals surface area contributed by atoms with E-state index in [1.54, 1.807) is 17.0 Å². The molecule has 0 spiro atoms. The molecule has 2 aromatic carbocycles. The predicted molar refractivity (Wildman–Crippen MR) is 117 cm³/mol. The van der Waals surface area contributed by atoms with E-state index < -0.39 is 0 Å². The van der Waals surface area contributed by atoms with Crippen molar-refractivity contribution in [2.45, 2.75) is 45.1 Å². The molecule has 2 aromatic rings. The van der Waals surface area contributed by atoms with Crippen LogP contribution < -0.4 is 10.2 Å². The first-order valence-electron chi connectivity index (χ1n) is 10.1. The Bertz CT molecular complexity index is 884. The Balaban J connectivity index is 1.98. The fourth-order valence-corrected chi connectivity index (χ4v) is 4.01. The van der Waals surface area contributed by atoms with Gasteiger partial charge in [-0.25, -0.2) is 0 Å². The largest absolute Gasteiger partial charge is 0.469 e. The van der Waals surface area contributed by atoms with E-state index in [2.05, 4.69) is 12.2 Å². The van der Waals surface area contributed by atoms with Crippen LogP contribution in [0.1, 0.15) is 48.5 Å². The maximum atomic E-state index is 13.6. The quantitative estimate of drug-likeness (QED) is 0.670. The summed E-state index contributed by atoms with van der Waals surface area (Å²) in [5.74, 6) is -0.516. The van der Waals surface area contributed by atoms with Crippen molar-refractivity contribution >= 4 is 34.9 Å². The summed E-state index contributed by atoms with van der Waals surface area (Å²) in [5, 5.41) is 3.68. The standard InChI is InChI=1S/C23H27ClN2O3/c1-3-13-25-17-11-12-19(20(24)14-17)23(28)26-18(15-22(27)29-2)9-6-8-16-7-4-5-10-21(16)26/h4-5,7,10-12,14,18,25H,3,6,8-9,13,15H2,1-2H3. The number of methoxy groups -OCH3 is 1. The number of fused-ring (bicyclic) bond motifs is 1. The zero-order valence-corrected chi connectivity index (χ0v) is 17.7. The Labute approximate surface area is 177 Å². The van der Waals surface area contributed by atoms with Crippen LogP contribution >= 0.6 is 11.6 Å². The van der Waals surface area contributed by atoms with Gasteiger partial charge in [-0.15, -0.1) is 0 Å². The molecule has 1 amide bonds. The minimum absolute atomic E-state index is 0.157. The van der Waals surface area contributed by atoms with Crippen molar-refractivity contribution in [3.8, 4) is 0 Å². The van der Waals surface area contributed by atoms with Gasteiger partial charge in [0.05, 0.1) is 24.1 Å². The maximum absolute atomic E-state index is 13.6. The molecule has 154 valence electrons. The molecular formula is C23H27ClN2O3. The molecule has 0 aliphatic carbocycles. The lowest BCUT2D eigenvalue weighted by Crippen LogP contribution is -2.42. The third kappa shape index (κ3) is 4.91. The third-order valence-corrected chi connectivity index (χ3v) is 5.54. The average molecular weight is 415 g/mol. The van der Waals surface area contributed by atoms with E-state index in [0.29, 0.717) is 10.6 Å². The topological polar surface area (TPSA) is 58.6 Å². The molecule has 1 aliphatic heterocycles. The zero-order valence-electron chi connectivity index (χ0n) is 16.9. The number of hydrogen-bond donors (Lipinski definition) is 1. The van der Waals surface area contributed by atoms with Crippen LogP contribution in [0.15, 0.2) is 42.5 Å². The second-order valence-electron chi connectivity index (χ2n) is 7.25. The van der Waals surface area contributed by atoms with Gasteiger partial charge in [-0.05, 0) is 55.5 Å². The molecular weight excluding hydrogens is 388 g/mol. The Kier molecular flexibility index (Phi) is 7.15. The second kappa shape index (κ2) is 9.79. The van der Waals surface area contributed by atoms with Crippen molar-refractivity contribution in [2.75, 3.05) is 23.9 Å². The van der Waals surface area contributed by atoms with Crippen LogP contribution in [0.25, 0.3) is 0 Å². The molecule has 1 unspecified atom stereocenters. The van der Waals surface area contributed by atoms with Crippen LogP contribution in [-0.4, -0.2) is 31.6 Å². The minimum atomic E-state index is -0.322. The van der Waals surface area contributed by atoms with Gasteiger partial charge >= 0.3 is 5.97 Å². The monoisotopic (exact) mass is 414 g/mol. The summed E-state index contributed by atoms with van der Waals surface area (Å²) in [7, 11) is 1.37. The van der Waals surface area contributed by atoms with Crippen molar-refractivity contribution in [3.05, 3.63) is 58.6 Å². The lowest BCUT2D eigenvalue weighted by molar-refractivity contribution is -0.141. The van der Waals surface area contributed by atoms with Crippen LogP contribution in [0.2, 0.25) is 5.02 Å². The van der Waals surface area contributed by atoms with E-state index in [-0.39, 0.29) is 24.3 Å². The highest BCUT2D eigenvalue weighted by Gasteiger charge is 2.32. The highest BCUT2D eigenvalue weighted by molar-refractivity contribution is 6.35. The van der Waals surface area contributed by atoms with Crippen LogP contribution in [0, 0.1) is 0 Å². The number of halogens is 1.